The average molecular weight is 396 g/mol. The molecule has 27 heavy (non-hydrogen) atoms. The Morgan fingerprint density at radius 3 is 2.81 bits per heavy atom. The molecule has 0 radical (unpaired) electrons. The van der Waals surface area contributed by atoms with Gasteiger partial charge in [0.15, 0.2) is 5.13 Å². The van der Waals surface area contributed by atoms with E-state index >= 15 is 0 Å². The van der Waals surface area contributed by atoms with Gasteiger partial charge in [0.05, 0.1) is 23.2 Å². The van der Waals surface area contributed by atoms with Crippen LogP contribution >= 0.6 is 22.7 Å². The molecule has 136 valence electrons. The van der Waals surface area contributed by atoms with Gasteiger partial charge in [-0.1, -0.05) is 29.5 Å². The zero-order valence-electron chi connectivity index (χ0n) is 14.9. The van der Waals surface area contributed by atoms with E-state index in [0.717, 1.165) is 21.3 Å². The molecule has 0 atom stereocenters. The Labute approximate surface area is 164 Å². The molecule has 0 aliphatic heterocycles. The van der Waals surface area contributed by atoms with Crippen LogP contribution in [0.4, 0.5) is 5.13 Å². The third-order valence-corrected chi connectivity index (χ3v) is 6.26. The van der Waals surface area contributed by atoms with Crippen LogP contribution in [0.5, 0.6) is 5.75 Å². The number of pyridine rings is 1. The van der Waals surface area contributed by atoms with Crippen molar-refractivity contribution in [2.45, 2.75) is 13.5 Å². The molecule has 0 saturated carbocycles. The van der Waals surface area contributed by atoms with Crippen LogP contribution in [0, 0.1) is 6.92 Å². The van der Waals surface area contributed by atoms with Crippen molar-refractivity contribution in [3.8, 4) is 5.75 Å². The molecule has 3 aromatic heterocycles. The number of benzene rings is 1. The summed E-state index contributed by atoms with van der Waals surface area (Å²) in [6.45, 7) is 2.45. The van der Waals surface area contributed by atoms with E-state index in [0.29, 0.717) is 22.3 Å². The maximum atomic E-state index is 13.2. The zero-order chi connectivity index (χ0) is 18.8. The Morgan fingerprint density at radius 1 is 1.22 bits per heavy atom. The number of thiophene rings is 1. The first-order valence-electron chi connectivity index (χ1n) is 8.36. The van der Waals surface area contributed by atoms with E-state index in [-0.39, 0.29) is 5.91 Å². The Hall–Kier alpha value is -2.77. The predicted molar refractivity (Wildman–Crippen MR) is 110 cm³/mol. The number of rotatable bonds is 5. The molecule has 7 heteroatoms. The van der Waals surface area contributed by atoms with Crippen LogP contribution < -0.4 is 9.64 Å². The van der Waals surface area contributed by atoms with Crippen molar-refractivity contribution >= 4 is 43.9 Å². The number of anilines is 1. The number of nitrogens with zero attached hydrogens (tertiary/aromatic N) is 3. The second-order valence-electron chi connectivity index (χ2n) is 5.99. The van der Waals surface area contributed by atoms with E-state index in [9.17, 15) is 4.79 Å². The Kier molecular flexibility index (Phi) is 4.87. The highest BCUT2D eigenvalue weighted by Gasteiger charge is 2.24. The maximum Gasteiger partial charge on any atom is 0.270 e. The van der Waals surface area contributed by atoms with Crippen molar-refractivity contribution in [3.63, 3.8) is 0 Å². The van der Waals surface area contributed by atoms with E-state index in [1.807, 2.05) is 48.7 Å². The van der Waals surface area contributed by atoms with Crippen LogP contribution in [0.15, 0.2) is 54.2 Å². The first-order chi connectivity index (χ1) is 13.2. The standard InChI is InChI=1S/C20H17N3O2S2/c1-13-7-8-15(25-2)17-18(13)27-20(22-17)23(12-14-5-3-9-21-11-14)19(24)16-6-4-10-26-16/h3-11H,12H2,1-2H3. The third kappa shape index (κ3) is 3.43. The van der Waals surface area contributed by atoms with Crippen molar-refractivity contribution < 1.29 is 9.53 Å². The number of amides is 1. The lowest BCUT2D eigenvalue weighted by Gasteiger charge is -2.19. The number of carbonyl (C=O) groups excluding carboxylic acids is 1. The Bertz CT molecular complexity index is 1080. The monoisotopic (exact) mass is 395 g/mol. The van der Waals surface area contributed by atoms with Gasteiger partial charge in [0, 0.05) is 12.4 Å². The van der Waals surface area contributed by atoms with Gasteiger partial charge in [-0.3, -0.25) is 14.7 Å². The number of aryl methyl sites for hydroxylation is 1. The number of ether oxygens (including phenoxy) is 1. The minimum atomic E-state index is -0.0653. The molecule has 3 heterocycles. The van der Waals surface area contributed by atoms with Crippen LogP contribution in [-0.2, 0) is 6.54 Å². The summed E-state index contributed by atoms with van der Waals surface area (Å²) < 4.78 is 6.49. The zero-order valence-corrected chi connectivity index (χ0v) is 16.5. The first-order valence-corrected chi connectivity index (χ1v) is 10.1. The highest BCUT2D eigenvalue weighted by molar-refractivity contribution is 7.22. The average Bonchev–Trinajstić information content (AvgIpc) is 3.37. The Morgan fingerprint density at radius 2 is 2.11 bits per heavy atom. The summed E-state index contributed by atoms with van der Waals surface area (Å²) in [6, 6.07) is 11.5. The first kappa shape index (κ1) is 17.6. The second-order valence-corrected chi connectivity index (χ2v) is 7.91. The van der Waals surface area contributed by atoms with Gasteiger partial charge in [0.25, 0.3) is 5.91 Å². The van der Waals surface area contributed by atoms with Crippen LogP contribution in [0.25, 0.3) is 10.2 Å². The highest BCUT2D eigenvalue weighted by Crippen LogP contribution is 2.37. The summed E-state index contributed by atoms with van der Waals surface area (Å²) >= 11 is 2.93. The van der Waals surface area contributed by atoms with Crippen LogP contribution in [0.3, 0.4) is 0 Å². The maximum absolute atomic E-state index is 13.2. The van der Waals surface area contributed by atoms with Crippen LogP contribution in [-0.4, -0.2) is 23.0 Å². The van der Waals surface area contributed by atoms with Gasteiger partial charge in [-0.25, -0.2) is 4.98 Å². The van der Waals surface area contributed by atoms with Gasteiger partial charge in [-0.2, -0.15) is 0 Å². The van der Waals surface area contributed by atoms with Crippen molar-refractivity contribution in [3.05, 3.63) is 70.2 Å². The van der Waals surface area contributed by atoms with E-state index in [1.165, 1.54) is 22.7 Å². The lowest BCUT2D eigenvalue weighted by Crippen LogP contribution is -2.29. The molecule has 4 aromatic rings. The van der Waals surface area contributed by atoms with E-state index in [4.69, 9.17) is 9.72 Å². The van der Waals surface area contributed by atoms with Crippen molar-refractivity contribution in [1.29, 1.82) is 0 Å². The van der Waals surface area contributed by atoms with Crippen molar-refractivity contribution in [1.82, 2.24) is 9.97 Å². The summed E-state index contributed by atoms with van der Waals surface area (Å²) in [4.78, 5) is 24.5. The second kappa shape index (κ2) is 7.46. The summed E-state index contributed by atoms with van der Waals surface area (Å²) in [7, 11) is 1.63. The predicted octanol–water partition coefficient (Wildman–Crippen LogP) is 4.92. The lowest BCUT2D eigenvalue weighted by molar-refractivity contribution is 0.0989. The smallest absolute Gasteiger partial charge is 0.270 e. The number of thiazole rings is 1. The molecule has 0 saturated heterocycles. The molecule has 0 aliphatic rings. The molecule has 0 spiro atoms. The van der Waals surface area contributed by atoms with E-state index in [2.05, 4.69) is 4.98 Å². The quantitative estimate of drug-likeness (QED) is 0.481. The largest absolute Gasteiger partial charge is 0.494 e. The number of hydrogen-bond acceptors (Lipinski definition) is 6. The van der Waals surface area contributed by atoms with Gasteiger partial charge in [-0.15, -0.1) is 11.3 Å². The number of hydrogen-bond donors (Lipinski definition) is 0. The fourth-order valence-corrected chi connectivity index (χ4v) is 4.53. The molecule has 1 amide bonds. The number of carbonyl (C=O) groups is 1. The van der Waals surface area contributed by atoms with Crippen LogP contribution in [0.1, 0.15) is 20.8 Å². The van der Waals surface area contributed by atoms with Gasteiger partial charge < -0.3 is 4.74 Å². The fourth-order valence-electron chi connectivity index (χ4n) is 2.81. The molecule has 0 fully saturated rings. The molecule has 0 N–H and O–H groups in total. The number of methoxy groups -OCH3 is 1. The minimum absolute atomic E-state index is 0.0653. The molecular weight excluding hydrogens is 378 g/mol. The van der Waals surface area contributed by atoms with Gasteiger partial charge in [0.2, 0.25) is 0 Å². The number of aromatic nitrogens is 2. The SMILES string of the molecule is COc1ccc(C)c2sc(N(Cc3cccnc3)C(=O)c3cccs3)nc12. The van der Waals surface area contributed by atoms with Gasteiger partial charge in [0.1, 0.15) is 11.3 Å². The molecule has 0 aliphatic carbocycles. The topological polar surface area (TPSA) is 55.3 Å². The Balaban J connectivity index is 1.81. The van der Waals surface area contributed by atoms with Gasteiger partial charge >= 0.3 is 0 Å². The third-order valence-electron chi connectivity index (χ3n) is 4.18. The summed E-state index contributed by atoms with van der Waals surface area (Å²) in [5, 5.41) is 2.56. The molecule has 4 rings (SSSR count). The van der Waals surface area contributed by atoms with Crippen LogP contribution in [0.2, 0.25) is 0 Å². The van der Waals surface area contributed by atoms with E-state index < -0.39 is 0 Å². The lowest BCUT2D eigenvalue weighted by atomic mass is 10.2. The summed E-state index contributed by atoms with van der Waals surface area (Å²) in [5.41, 5.74) is 2.84. The molecule has 5 nitrogen and oxygen atoms in total. The fraction of sp³-hybridized carbons (Fsp3) is 0.150. The highest BCUT2D eigenvalue weighted by atomic mass is 32.1. The normalized spacial score (nSPS) is 10.9. The van der Waals surface area contributed by atoms with Crippen molar-refractivity contribution in [2.75, 3.05) is 12.0 Å². The van der Waals surface area contributed by atoms with Crippen molar-refractivity contribution in [2.24, 2.45) is 0 Å². The van der Waals surface area contributed by atoms with Gasteiger partial charge in [-0.05, 0) is 41.6 Å². The summed E-state index contributed by atoms with van der Waals surface area (Å²) in [6.07, 6.45) is 3.49. The summed E-state index contributed by atoms with van der Waals surface area (Å²) in [5.74, 6) is 0.646. The molecular formula is C20H17N3O2S2. The van der Waals surface area contributed by atoms with E-state index in [1.54, 1.807) is 24.4 Å². The minimum Gasteiger partial charge on any atom is -0.494 e. The molecule has 0 bridgehead atoms. The molecule has 1 aromatic carbocycles. The number of fused-ring (bicyclic) bond motifs is 1. The molecule has 0 unspecified atom stereocenters.